The lowest BCUT2D eigenvalue weighted by Crippen LogP contribution is -2.30. The molecule has 8 heteroatoms. The van der Waals surface area contributed by atoms with Gasteiger partial charge in [0, 0.05) is 25.8 Å². The number of imidazole rings is 1. The second-order valence-electron chi connectivity index (χ2n) is 5.19. The molecule has 0 saturated carbocycles. The van der Waals surface area contributed by atoms with Crippen molar-refractivity contribution in [2.45, 2.75) is 38.3 Å². The Balaban J connectivity index is 2.19. The maximum Gasteiger partial charge on any atom is 0.310 e. The summed E-state index contributed by atoms with van der Waals surface area (Å²) in [6.07, 6.45) is 2.96. The molecule has 0 aliphatic carbocycles. The van der Waals surface area contributed by atoms with Crippen LogP contribution in [0.25, 0.3) is 0 Å². The van der Waals surface area contributed by atoms with E-state index in [1.54, 1.807) is 13.1 Å². The number of aromatic nitrogens is 2. The molecule has 118 valence electrons. The summed E-state index contributed by atoms with van der Waals surface area (Å²) in [6.45, 7) is 5.03. The largest absolute Gasteiger partial charge is 0.469 e. The Kier molecular flexibility index (Phi) is 4.67. The molecule has 1 aliphatic rings. The minimum atomic E-state index is -3.64. The first kappa shape index (κ1) is 16.0. The number of hydrogen-bond donors (Lipinski definition) is 0. The monoisotopic (exact) mass is 315 g/mol. The number of aryl methyl sites for hydroxylation is 2. The Hall–Kier alpha value is -1.41. The van der Waals surface area contributed by atoms with Crippen LogP contribution in [0.1, 0.15) is 25.6 Å². The molecule has 21 heavy (non-hydrogen) atoms. The van der Waals surface area contributed by atoms with Crippen molar-refractivity contribution in [3.05, 3.63) is 12.0 Å². The van der Waals surface area contributed by atoms with Gasteiger partial charge in [0.15, 0.2) is 5.03 Å². The second kappa shape index (κ2) is 6.15. The average Bonchev–Trinajstić information content (AvgIpc) is 3.07. The van der Waals surface area contributed by atoms with Crippen LogP contribution in [0.2, 0.25) is 0 Å². The fourth-order valence-corrected chi connectivity index (χ4v) is 4.00. The van der Waals surface area contributed by atoms with Crippen LogP contribution in [0.5, 0.6) is 0 Å². The van der Waals surface area contributed by atoms with Crippen LogP contribution in [0.3, 0.4) is 0 Å². The van der Waals surface area contributed by atoms with Crippen molar-refractivity contribution in [3.8, 4) is 0 Å². The summed E-state index contributed by atoms with van der Waals surface area (Å²) in [5.74, 6) is -0.0665. The van der Waals surface area contributed by atoms with E-state index >= 15 is 0 Å². The van der Waals surface area contributed by atoms with Gasteiger partial charge < -0.3 is 9.30 Å². The molecule has 0 amide bonds. The number of rotatable bonds is 5. The van der Waals surface area contributed by atoms with Gasteiger partial charge in [-0.2, -0.15) is 4.31 Å². The molecule has 0 N–H and O–H groups in total. The molecule has 0 aromatic carbocycles. The molecule has 2 heterocycles. The van der Waals surface area contributed by atoms with E-state index in [0.29, 0.717) is 18.8 Å². The van der Waals surface area contributed by atoms with Crippen molar-refractivity contribution in [2.75, 3.05) is 20.2 Å². The van der Waals surface area contributed by atoms with Gasteiger partial charge in [0.25, 0.3) is 10.0 Å². The molecule has 7 nitrogen and oxygen atoms in total. The number of nitrogens with zero attached hydrogens (tertiary/aromatic N) is 3. The highest BCUT2D eigenvalue weighted by molar-refractivity contribution is 7.89. The van der Waals surface area contributed by atoms with Crippen LogP contribution in [0.15, 0.2) is 11.2 Å². The lowest BCUT2D eigenvalue weighted by molar-refractivity contribution is -0.144. The first-order valence-electron chi connectivity index (χ1n) is 7.02. The van der Waals surface area contributed by atoms with Crippen molar-refractivity contribution in [1.29, 1.82) is 0 Å². The summed E-state index contributed by atoms with van der Waals surface area (Å²) in [5.41, 5.74) is 0. The second-order valence-corrected chi connectivity index (χ2v) is 7.08. The molecule has 1 aromatic rings. The van der Waals surface area contributed by atoms with Gasteiger partial charge in [-0.1, -0.05) is 6.92 Å². The van der Waals surface area contributed by atoms with Crippen LogP contribution >= 0.6 is 0 Å². The van der Waals surface area contributed by atoms with Gasteiger partial charge in [-0.05, 0) is 19.8 Å². The van der Waals surface area contributed by atoms with E-state index in [-0.39, 0.29) is 23.5 Å². The Morgan fingerprint density at radius 2 is 2.24 bits per heavy atom. The molecule has 0 spiro atoms. The summed E-state index contributed by atoms with van der Waals surface area (Å²) in [4.78, 5) is 15.7. The number of hydrogen-bond acceptors (Lipinski definition) is 5. The number of carbonyl (C=O) groups is 1. The van der Waals surface area contributed by atoms with Gasteiger partial charge in [0.1, 0.15) is 5.82 Å². The standard InChI is InChI=1S/C13H21N3O4S/c1-4-6-15-9-12(14-10(15)2)21(18,19)16-7-5-11(8-16)13(17)20-3/h9,11H,4-8H2,1-3H3. The smallest absolute Gasteiger partial charge is 0.310 e. The Morgan fingerprint density at radius 3 is 2.86 bits per heavy atom. The van der Waals surface area contributed by atoms with Crippen LogP contribution in [0.4, 0.5) is 0 Å². The van der Waals surface area contributed by atoms with E-state index in [9.17, 15) is 13.2 Å². The molecule has 1 unspecified atom stereocenters. The molecule has 0 radical (unpaired) electrons. The van der Waals surface area contributed by atoms with Gasteiger partial charge in [0.05, 0.1) is 13.0 Å². The average molecular weight is 315 g/mol. The fraction of sp³-hybridized carbons (Fsp3) is 0.692. The zero-order valence-corrected chi connectivity index (χ0v) is 13.4. The first-order valence-corrected chi connectivity index (χ1v) is 8.46. The molecule has 1 fully saturated rings. The van der Waals surface area contributed by atoms with E-state index < -0.39 is 10.0 Å². The molecule has 1 aliphatic heterocycles. The number of carbonyl (C=O) groups excluding carboxylic acids is 1. The number of sulfonamides is 1. The molecule has 1 aromatic heterocycles. The van der Waals surface area contributed by atoms with Crippen LogP contribution in [-0.2, 0) is 26.1 Å². The summed E-state index contributed by atoms with van der Waals surface area (Å²) < 4.78 is 32.9. The zero-order valence-electron chi connectivity index (χ0n) is 12.6. The summed E-state index contributed by atoms with van der Waals surface area (Å²) in [6, 6.07) is 0. The van der Waals surface area contributed by atoms with Crippen LogP contribution in [-0.4, -0.2) is 48.4 Å². The molecule has 0 bridgehead atoms. The molecular weight excluding hydrogens is 294 g/mol. The van der Waals surface area contributed by atoms with Crippen molar-refractivity contribution >= 4 is 16.0 Å². The van der Waals surface area contributed by atoms with Crippen molar-refractivity contribution in [1.82, 2.24) is 13.9 Å². The summed E-state index contributed by atoms with van der Waals surface area (Å²) in [5, 5.41) is 0.0546. The predicted molar refractivity (Wildman–Crippen MR) is 76.1 cm³/mol. The van der Waals surface area contributed by atoms with Crippen molar-refractivity contribution in [3.63, 3.8) is 0 Å². The molecular formula is C13H21N3O4S. The van der Waals surface area contributed by atoms with Gasteiger partial charge >= 0.3 is 5.97 Å². The Morgan fingerprint density at radius 1 is 1.52 bits per heavy atom. The van der Waals surface area contributed by atoms with E-state index in [1.165, 1.54) is 11.4 Å². The minimum Gasteiger partial charge on any atom is -0.469 e. The number of methoxy groups -OCH3 is 1. The third-order valence-corrected chi connectivity index (χ3v) is 5.44. The summed E-state index contributed by atoms with van der Waals surface area (Å²) in [7, 11) is -2.32. The predicted octanol–water partition coefficient (Wildman–Crippen LogP) is 0.785. The maximum absolute atomic E-state index is 12.6. The quantitative estimate of drug-likeness (QED) is 0.750. The minimum absolute atomic E-state index is 0.0546. The first-order chi connectivity index (χ1) is 9.90. The van der Waals surface area contributed by atoms with E-state index in [0.717, 1.165) is 13.0 Å². The highest BCUT2D eigenvalue weighted by atomic mass is 32.2. The zero-order chi connectivity index (χ0) is 15.6. The van der Waals surface area contributed by atoms with Crippen LogP contribution < -0.4 is 0 Å². The third kappa shape index (κ3) is 3.11. The lowest BCUT2D eigenvalue weighted by atomic mass is 10.1. The normalized spacial score (nSPS) is 19.9. The number of esters is 1. The molecule has 1 saturated heterocycles. The Labute approximate surface area is 125 Å². The highest BCUT2D eigenvalue weighted by Gasteiger charge is 2.37. The van der Waals surface area contributed by atoms with Gasteiger partial charge in [0.2, 0.25) is 0 Å². The Bertz CT molecular complexity index is 623. The highest BCUT2D eigenvalue weighted by Crippen LogP contribution is 2.24. The van der Waals surface area contributed by atoms with Crippen molar-refractivity contribution in [2.24, 2.45) is 5.92 Å². The van der Waals surface area contributed by atoms with Crippen molar-refractivity contribution < 1.29 is 17.9 Å². The maximum atomic E-state index is 12.6. The van der Waals surface area contributed by atoms with Gasteiger partial charge in [-0.3, -0.25) is 4.79 Å². The molecule has 1 atom stereocenters. The number of ether oxygens (including phenoxy) is 1. The van der Waals surface area contributed by atoms with E-state index in [2.05, 4.69) is 9.72 Å². The third-order valence-electron chi connectivity index (χ3n) is 3.71. The fourth-order valence-electron chi connectivity index (χ4n) is 2.51. The SMILES string of the molecule is CCCn1cc(S(=O)(=O)N2CCC(C(=O)OC)C2)nc1C. The lowest BCUT2D eigenvalue weighted by Gasteiger charge is -2.14. The van der Waals surface area contributed by atoms with Gasteiger partial charge in [-0.25, -0.2) is 13.4 Å². The van der Waals surface area contributed by atoms with E-state index in [1.807, 2.05) is 11.5 Å². The molecule has 2 rings (SSSR count). The van der Waals surface area contributed by atoms with Crippen LogP contribution in [0, 0.1) is 12.8 Å². The van der Waals surface area contributed by atoms with Gasteiger partial charge in [-0.15, -0.1) is 0 Å². The van der Waals surface area contributed by atoms with E-state index in [4.69, 9.17) is 0 Å². The summed E-state index contributed by atoms with van der Waals surface area (Å²) >= 11 is 0. The topological polar surface area (TPSA) is 81.5 Å².